The van der Waals surface area contributed by atoms with Crippen molar-refractivity contribution >= 4 is 40.6 Å². The zero-order valence-corrected chi connectivity index (χ0v) is 20.6. The van der Waals surface area contributed by atoms with Crippen LogP contribution in [0.4, 0.5) is 5.82 Å². The van der Waals surface area contributed by atoms with Crippen LogP contribution in [0.3, 0.4) is 0 Å². The summed E-state index contributed by atoms with van der Waals surface area (Å²) in [5.41, 5.74) is 1.65. The second-order valence-corrected chi connectivity index (χ2v) is 9.03. The summed E-state index contributed by atoms with van der Waals surface area (Å²) in [6.07, 6.45) is 7.44. The van der Waals surface area contributed by atoms with Crippen molar-refractivity contribution in [1.82, 2.24) is 25.1 Å². The van der Waals surface area contributed by atoms with Crippen molar-refractivity contribution in [2.24, 2.45) is 0 Å². The number of fused-ring (bicyclic) bond motifs is 1. The van der Waals surface area contributed by atoms with Crippen LogP contribution < -0.4 is 19.7 Å². The fourth-order valence-corrected chi connectivity index (χ4v) is 4.48. The second-order valence-electron chi connectivity index (χ2n) is 7.80. The second kappa shape index (κ2) is 11.2. The lowest BCUT2D eigenvalue weighted by atomic mass is 10.2. The Kier molecular flexibility index (Phi) is 7.89. The van der Waals surface area contributed by atoms with Crippen molar-refractivity contribution in [1.29, 1.82) is 0 Å². The number of nitrogens with one attached hydrogen (secondary N) is 1. The van der Waals surface area contributed by atoms with Crippen molar-refractivity contribution in [3.05, 3.63) is 36.0 Å². The first-order valence-electron chi connectivity index (χ1n) is 11.4. The van der Waals surface area contributed by atoms with E-state index in [9.17, 15) is 4.79 Å². The highest BCUT2D eigenvalue weighted by molar-refractivity contribution is 7.99. The van der Waals surface area contributed by atoms with Gasteiger partial charge in [0, 0.05) is 25.7 Å². The minimum absolute atomic E-state index is 0.180. The molecule has 180 valence electrons. The van der Waals surface area contributed by atoms with Gasteiger partial charge in [-0.3, -0.25) is 4.79 Å². The summed E-state index contributed by atoms with van der Waals surface area (Å²) in [5, 5.41) is 9.18. The summed E-state index contributed by atoms with van der Waals surface area (Å²) < 4.78 is 12.4. The van der Waals surface area contributed by atoms with E-state index < -0.39 is 0 Å². The largest absolute Gasteiger partial charge is 0.493 e. The highest BCUT2D eigenvalue weighted by Gasteiger charge is 2.20. The maximum atomic E-state index is 12.3. The molecule has 0 saturated carbocycles. The van der Waals surface area contributed by atoms with Crippen LogP contribution in [0.1, 0.15) is 25.3 Å². The molecule has 10 heteroatoms. The molecule has 0 radical (unpaired) electrons. The van der Waals surface area contributed by atoms with Gasteiger partial charge in [-0.05, 0) is 42.4 Å². The highest BCUT2D eigenvalue weighted by Crippen LogP contribution is 2.29. The van der Waals surface area contributed by atoms with E-state index in [0.717, 1.165) is 46.4 Å². The molecule has 1 amide bonds. The van der Waals surface area contributed by atoms with Crippen LogP contribution in [-0.2, 0) is 11.3 Å². The summed E-state index contributed by atoms with van der Waals surface area (Å²) >= 11 is 1.63. The van der Waals surface area contributed by atoms with E-state index in [1.54, 1.807) is 32.1 Å². The monoisotopic (exact) mass is 482 g/mol. The Morgan fingerprint density at radius 3 is 2.71 bits per heavy atom. The van der Waals surface area contributed by atoms with Crippen molar-refractivity contribution in [3.8, 4) is 11.5 Å². The number of hydrogen-bond donors (Lipinski definition) is 1. The van der Waals surface area contributed by atoms with Crippen LogP contribution in [0.15, 0.2) is 35.6 Å². The van der Waals surface area contributed by atoms with E-state index in [1.165, 1.54) is 18.9 Å². The normalized spacial score (nSPS) is 13.7. The molecular formula is C24H30N6O3S. The molecule has 9 nitrogen and oxygen atoms in total. The van der Waals surface area contributed by atoms with E-state index >= 15 is 0 Å². The molecule has 1 saturated heterocycles. The van der Waals surface area contributed by atoms with Crippen molar-refractivity contribution in [3.63, 3.8) is 0 Å². The van der Waals surface area contributed by atoms with Crippen LogP contribution in [0, 0.1) is 0 Å². The van der Waals surface area contributed by atoms with E-state index in [-0.39, 0.29) is 5.91 Å². The topological polar surface area (TPSA) is 94.4 Å². The predicted octanol–water partition coefficient (Wildman–Crippen LogP) is 3.39. The van der Waals surface area contributed by atoms with Crippen LogP contribution >= 0.6 is 11.8 Å². The van der Waals surface area contributed by atoms with Crippen LogP contribution in [-0.4, -0.2) is 65.3 Å². The summed E-state index contributed by atoms with van der Waals surface area (Å²) in [6.45, 7) is 5.07. The number of aromatic nitrogens is 4. The Morgan fingerprint density at radius 1 is 1.18 bits per heavy atom. The van der Waals surface area contributed by atoms with Crippen LogP contribution in [0.2, 0.25) is 0 Å². The molecule has 1 N–H and O–H groups in total. The Labute approximate surface area is 203 Å². The number of methoxy groups -OCH3 is 2. The van der Waals surface area contributed by atoms with Crippen LogP contribution in [0.5, 0.6) is 11.5 Å². The Morgan fingerprint density at radius 2 is 1.97 bits per heavy atom. The lowest BCUT2D eigenvalue weighted by Gasteiger charge is -2.17. The number of ether oxygens (including phenoxy) is 2. The Balaban J connectivity index is 1.41. The molecule has 4 rings (SSSR count). The summed E-state index contributed by atoms with van der Waals surface area (Å²) in [7, 11) is 3.17. The quantitative estimate of drug-likeness (QED) is 0.267. The van der Waals surface area contributed by atoms with Gasteiger partial charge in [-0.2, -0.15) is 5.10 Å². The predicted molar refractivity (Wildman–Crippen MR) is 135 cm³/mol. The molecule has 1 fully saturated rings. The van der Waals surface area contributed by atoms with Crippen LogP contribution in [0.25, 0.3) is 17.1 Å². The summed E-state index contributed by atoms with van der Waals surface area (Å²) in [6, 6.07) is 5.50. The Hall–Kier alpha value is -3.27. The number of hydrogen-bond acceptors (Lipinski definition) is 8. The van der Waals surface area contributed by atoms with Gasteiger partial charge in [0.2, 0.25) is 5.91 Å². The molecule has 34 heavy (non-hydrogen) atoms. The molecule has 0 unspecified atom stereocenters. The molecular weight excluding hydrogens is 452 g/mol. The number of rotatable bonds is 10. The molecule has 0 aliphatic carbocycles. The number of carbonyl (C=O) groups excluding carboxylic acids is 1. The minimum Gasteiger partial charge on any atom is -0.493 e. The van der Waals surface area contributed by atoms with E-state index in [0.29, 0.717) is 24.6 Å². The Bertz CT molecular complexity index is 1170. The zero-order chi connectivity index (χ0) is 23.9. The molecule has 1 aromatic carbocycles. The van der Waals surface area contributed by atoms with Gasteiger partial charge < -0.3 is 19.7 Å². The fraction of sp³-hybridized carbons (Fsp3) is 0.417. The average molecular weight is 483 g/mol. The summed E-state index contributed by atoms with van der Waals surface area (Å²) in [5.74, 6) is 2.95. The average Bonchev–Trinajstić information content (AvgIpc) is 3.53. The number of thioether (sulfide) groups is 1. The van der Waals surface area contributed by atoms with E-state index in [1.807, 2.05) is 29.1 Å². The molecule has 1 aliphatic rings. The fourth-order valence-electron chi connectivity index (χ4n) is 3.92. The van der Waals surface area contributed by atoms with Gasteiger partial charge in [0.1, 0.15) is 5.82 Å². The van der Waals surface area contributed by atoms with Crippen molar-refractivity contribution in [2.45, 2.75) is 31.5 Å². The molecule has 0 atom stereocenters. The number of anilines is 1. The van der Waals surface area contributed by atoms with Gasteiger partial charge in [-0.15, -0.1) is 0 Å². The molecule has 0 bridgehead atoms. The smallest absolute Gasteiger partial charge is 0.244 e. The lowest BCUT2D eigenvalue weighted by molar-refractivity contribution is -0.116. The zero-order valence-electron chi connectivity index (χ0n) is 19.8. The summed E-state index contributed by atoms with van der Waals surface area (Å²) in [4.78, 5) is 24.2. The van der Waals surface area contributed by atoms with E-state index in [2.05, 4.69) is 22.2 Å². The SMILES string of the molecule is CCSc1nc(N2CCCC2)c2cnn(CCNC(=O)/C=C\c3ccc(OC)c(OC)c3)c2n1. The first-order chi connectivity index (χ1) is 16.6. The maximum Gasteiger partial charge on any atom is 0.244 e. The van der Waals surface area contributed by atoms with Crippen molar-refractivity contribution in [2.75, 3.05) is 44.5 Å². The third-order valence-electron chi connectivity index (χ3n) is 5.59. The third-order valence-corrected chi connectivity index (χ3v) is 6.32. The standard InChI is InChI=1S/C24H30N6O3S/c1-4-34-24-27-22(29-12-5-6-13-29)18-16-26-30(23(18)28-24)14-11-25-21(31)10-8-17-7-9-19(32-2)20(15-17)33-3/h7-10,15-16H,4-6,11-14H2,1-3H3,(H,25,31)/b10-8-. The number of amides is 1. The number of nitrogens with zero attached hydrogens (tertiary/aromatic N) is 5. The number of benzene rings is 1. The van der Waals surface area contributed by atoms with E-state index in [4.69, 9.17) is 19.4 Å². The molecule has 0 spiro atoms. The van der Waals surface area contributed by atoms with Gasteiger partial charge in [0.05, 0.1) is 32.3 Å². The molecule has 3 heterocycles. The van der Waals surface area contributed by atoms with Gasteiger partial charge in [-0.1, -0.05) is 24.8 Å². The third kappa shape index (κ3) is 5.44. The highest BCUT2D eigenvalue weighted by atomic mass is 32.2. The molecule has 3 aromatic rings. The molecule has 2 aromatic heterocycles. The first kappa shape index (κ1) is 23.9. The maximum absolute atomic E-state index is 12.3. The van der Waals surface area contributed by atoms with Crippen molar-refractivity contribution < 1.29 is 14.3 Å². The first-order valence-corrected chi connectivity index (χ1v) is 12.4. The minimum atomic E-state index is -0.180. The van der Waals surface area contributed by atoms with Gasteiger partial charge >= 0.3 is 0 Å². The van der Waals surface area contributed by atoms with Gasteiger partial charge in [0.25, 0.3) is 0 Å². The number of carbonyl (C=O) groups is 1. The van der Waals surface area contributed by atoms with Gasteiger partial charge in [-0.25, -0.2) is 14.6 Å². The molecule has 1 aliphatic heterocycles. The van der Waals surface area contributed by atoms with Gasteiger partial charge in [0.15, 0.2) is 22.3 Å². The lowest BCUT2D eigenvalue weighted by Crippen LogP contribution is -2.26.